The number of Topliss-reactive ketones (excluding diaryl/α,β-unsaturated/α-hetero) is 1. The highest BCUT2D eigenvalue weighted by atomic mass is 16.1. The summed E-state index contributed by atoms with van der Waals surface area (Å²) in [7, 11) is 0. The Bertz CT molecular complexity index is 305. The van der Waals surface area contributed by atoms with E-state index >= 15 is 0 Å². The maximum absolute atomic E-state index is 11.6. The fourth-order valence-electron chi connectivity index (χ4n) is 1.18. The van der Waals surface area contributed by atoms with Crippen LogP contribution in [0.2, 0.25) is 0 Å². The summed E-state index contributed by atoms with van der Waals surface area (Å²) in [5.74, 6) is 0.225. The topological polar surface area (TPSA) is 43.1 Å². The van der Waals surface area contributed by atoms with Crippen molar-refractivity contribution in [3.05, 3.63) is 35.4 Å². The van der Waals surface area contributed by atoms with E-state index in [0.29, 0.717) is 6.54 Å². The lowest BCUT2D eigenvalue weighted by molar-refractivity contribution is 0.0939. The summed E-state index contributed by atoms with van der Waals surface area (Å²) in [4.78, 5) is 11.6. The molecule has 0 saturated carbocycles. The highest BCUT2D eigenvalue weighted by Crippen LogP contribution is 2.10. The van der Waals surface area contributed by atoms with Gasteiger partial charge in [0.2, 0.25) is 0 Å². The molecule has 0 atom stereocenters. The Labute approximate surface area is 78.8 Å². The van der Waals surface area contributed by atoms with E-state index in [0.717, 1.165) is 11.1 Å². The van der Waals surface area contributed by atoms with Crippen molar-refractivity contribution in [2.75, 3.05) is 0 Å². The molecule has 0 unspecified atom stereocenters. The Morgan fingerprint density at radius 2 is 2.15 bits per heavy atom. The second-order valence-electron chi connectivity index (χ2n) is 3.42. The zero-order valence-electron chi connectivity index (χ0n) is 8.08. The molecule has 1 rings (SSSR count). The van der Waals surface area contributed by atoms with E-state index in [1.807, 2.05) is 38.1 Å². The highest BCUT2D eigenvalue weighted by Gasteiger charge is 2.09. The molecular formula is C11H15NO. The third-order valence-corrected chi connectivity index (χ3v) is 1.97. The normalized spacial score (nSPS) is 10.5. The zero-order valence-corrected chi connectivity index (χ0v) is 8.08. The van der Waals surface area contributed by atoms with Crippen molar-refractivity contribution in [1.29, 1.82) is 0 Å². The first-order chi connectivity index (χ1) is 6.15. The predicted octanol–water partition coefficient (Wildman–Crippen LogP) is 1.98. The molecule has 0 saturated heterocycles. The number of nitrogens with two attached hydrogens (primary N) is 1. The summed E-state index contributed by atoms with van der Waals surface area (Å²) in [5.41, 5.74) is 7.25. The molecule has 2 nitrogen and oxygen atoms in total. The maximum Gasteiger partial charge on any atom is 0.165 e. The van der Waals surface area contributed by atoms with Crippen LogP contribution in [0.5, 0.6) is 0 Å². The monoisotopic (exact) mass is 177 g/mol. The molecule has 0 bridgehead atoms. The molecule has 0 aliphatic heterocycles. The van der Waals surface area contributed by atoms with Gasteiger partial charge in [0.15, 0.2) is 5.78 Å². The molecule has 2 heteroatoms. The van der Waals surface area contributed by atoms with E-state index in [4.69, 9.17) is 5.73 Å². The lowest BCUT2D eigenvalue weighted by Crippen LogP contribution is -2.08. The summed E-state index contributed by atoms with van der Waals surface area (Å²) in [6.45, 7) is 4.29. The van der Waals surface area contributed by atoms with E-state index in [2.05, 4.69) is 0 Å². The minimum atomic E-state index is 0.0491. The molecule has 0 amide bonds. The Kier molecular flexibility index (Phi) is 3.20. The van der Waals surface area contributed by atoms with Crippen LogP contribution in [0.4, 0.5) is 0 Å². The summed E-state index contributed by atoms with van der Waals surface area (Å²) >= 11 is 0. The average molecular weight is 177 g/mol. The van der Waals surface area contributed by atoms with Crippen molar-refractivity contribution >= 4 is 5.78 Å². The molecule has 0 fully saturated rings. The Morgan fingerprint density at radius 3 is 2.69 bits per heavy atom. The minimum Gasteiger partial charge on any atom is -0.326 e. The molecule has 1 aromatic rings. The number of carbonyl (C=O) groups is 1. The standard InChI is InChI=1S/C11H15NO/c1-8(2)11(13)10-5-3-4-9(6-10)7-12/h3-6,8H,7,12H2,1-2H3. The number of benzene rings is 1. The van der Waals surface area contributed by atoms with Crippen molar-refractivity contribution in [3.8, 4) is 0 Å². The SMILES string of the molecule is CC(C)C(=O)c1cccc(CN)c1. The molecule has 70 valence electrons. The zero-order chi connectivity index (χ0) is 9.84. The van der Waals surface area contributed by atoms with E-state index in [9.17, 15) is 4.79 Å². The second-order valence-corrected chi connectivity index (χ2v) is 3.42. The largest absolute Gasteiger partial charge is 0.326 e. The Hall–Kier alpha value is -1.15. The lowest BCUT2D eigenvalue weighted by atomic mass is 9.99. The first-order valence-corrected chi connectivity index (χ1v) is 4.48. The van der Waals surface area contributed by atoms with Crippen LogP contribution >= 0.6 is 0 Å². The number of hydrogen-bond acceptors (Lipinski definition) is 2. The number of hydrogen-bond donors (Lipinski definition) is 1. The van der Waals surface area contributed by atoms with Crippen molar-refractivity contribution in [2.45, 2.75) is 20.4 Å². The molecular weight excluding hydrogens is 162 g/mol. The van der Waals surface area contributed by atoms with Crippen LogP contribution in [0, 0.1) is 5.92 Å². The molecule has 2 N–H and O–H groups in total. The van der Waals surface area contributed by atoms with Crippen LogP contribution in [-0.2, 0) is 6.54 Å². The molecule has 13 heavy (non-hydrogen) atoms. The molecule has 0 radical (unpaired) electrons. The molecule has 0 spiro atoms. The Morgan fingerprint density at radius 1 is 1.46 bits per heavy atom. The van der Waals surface area contributed by atoms with Crippen molar-refractivity contribution in [1.82, 2.24) is 0 Å². The lowest BCUT2D eigenvalue weighted by Gasteiger charge is -2.05. The number of carbonyl (C=O) groups excluding carboxylic acids is 1. The van der Waals surface area contributed by atoms with Crippen LogP contribution < -0.4 is 5.73 Å². The minimum absolute atomic E-state index is 0.0491. The fraction of sp³-hybridized carbons (Fsp3) is 0.364. The van der Waals surface area contributed by atoms with Crippen LogP contribution in [-0.4, -0.2) is 5.78 Å². The molecule has 0 aromatic heterocycles. The molecule has 1 aromatic carbocycles. The van der Waals surface area contributed by atoms with Gasteiger partial charge >= 0.3 is 0 Å². The average Bonchev–Trinajstić information content (AvgIpc) is 2.16. The van der Waals surface area contributed by atoms with Crippen LogP contribution in [0.25, 0.3) is 0 Å². The smallest absolute Gasteiger partial charge is 0.165 e. The van der Waals surface area contributed by atoms with Gasteiger partial charge in [0.25, 0.3) is 0 Å². The van der Waals surface area contributed by atoms with Gasteiger partial charge in [-0.1, -0.05) is 32.0 Å². The third kappa shape index (κ3) is 2.39. The van der Waals surface area contributed by atoms with Crippen molar-refractivity contribution in [2.24, 2.45) is 11.7 Å². The highest BCUT2D eigenvalue weighted by molar-refractivity contribution is 5.97. The van der Waals surface area contributed by atoms with Crippen LogP contribution in [0.3, 0.4) is 0 Å². The second kappa shape index (κ2) is 4.19. The van der Waals surface area contributed by atoms with Gasteiger partial charge in [-0.25, -0.2) is 0 Å². The quantitative estimate of drug-likeness (QED) is 0.717. The van der Waals surface area contributed by atoms with Crippen LogP contribution in [0.15, 0.2) is 24.3 Å². The summed E-state index contributed by atoms with van der Waals surface area (Å²) < 4.78 is 0. The first kappa shape index (κ1) is 9.93. The van der Waals surface area contributed by atoms with Crippen molar-refractivity contribution in [3.63, 3.8) is 0 Å². The third-order valence-electron chi connectivity index (χ3n) is 1.97. The predicted molar refractivity (Wildman–Crippen MR) is 53.5 cm³/mol. The van der Waals surface area contributed by atoms with E-state index in [1.165, 1.54) is 0 Å². The van der Waals surface area contributed by atoms with Gasteiger partial charge in [0.05, 0.1) is 0 Å². The molecule has 0 heterocycles. The summed E-state index contributed by atoms with van der Waals surface area (Å²) in [6.07, 6.45) is 0. The first-order valence-electron chi connectivity index (χ1n) is 4.48. The van der Waals surface area contributed by atoms with Crippen molar-refractivity contribution < 1.29 is 4.79 Å². The van der Waals surface area contributed by atoms with E-state index in [-0.39, 0.29) is 11.7 Å². The molecule has 0 aliphatic rings. The van der Waals surface area contributed by atoms with E-state index < -0.39 is 0 Å². The van der Waals surface area contributed by atoms with Crippen LogP contribution in [0.1, 0.15) is 29.8 Å². The molecule has 0 aliphatic carbocycles. The van der Waals surface area contributed by atoms with Gasteiger partial charge < -0.3 is 5.73 Å². The van der Waals surface area contributed by atoms with Gasteiger partial charge in [-0.3, -0.25) is 4.79 Å². The van der Waals surface area contributed by atoms with Gasteiger partial charge in [0, 0.05) is 18.0 Å². The van der Waals surface area contributed by atoms with Gasteiger partial charge in [-0.05, 0) is 11.6 Å². The fourth-order valence-corrected chi connectivity index (χ4v) is 1.18. The van der Waals surface area contributed by atoms with Gasteiger partial charge in [-0.2, -0.15) is 0 Å². The Balaban J connectivity index is 2.95. The number of ketones is 1. The summed E-state index contributed by atoms with van der Waals surface area (Å²) in [5, 5.41) is 0. The number of rotatable bonds is 3. The van der Waals surface area contributed by atoms with E-state index in [1.54, 1.807) is 0 Å². The summed E-state index contributed by atoms with van der Waals surface area (Å²) in [6, 6.07) is 7.50. The van der Waals surface area contributed by atoms with Gasteiger partial charge in [-0.15, -0.1) is 0 Å². The van der Waals surface area contributed by atoms with Gasteiger partial charge in [0.1, 0.15) is 0 Å². The maximum atomic E-state index is 11.6.